The van der Waals surface area contributed by atoms with Gasteiger partial charge in [-0.05, 0) is 27.2 Å². The third-order valence-electron chi connectivity index (χ3n) is 4.27. The Hall–Kier alpha value is -2.09. The summed E-state index contributed by atoms with van der Waals surface area (Å²) in [6, 6.07) is 2.55. The van der Waals surface area contributed by atoms with Gasteiger partial charge in [-0.2, -0.15) is 0 Å². The van der Waals surface area contributed by atoms with E-state index in [1.54, 1.807) is 20.0 Å². The van der Waals surface area contributed by atoms with E-state index in [0.29, 0.717) is 30.3 Å². The number of hydrogen-bond donors (Lipinski definition) is 1. The van der Waals surface area contributed by atoms with Gasteiger partial charge < -0.3 is 14.5 Å². The van der Waals surface area contributed by atoms with E-state index in [2.05, 4.69) is 15.3 Å². The van der Waals surface area contributed by atoms with E-state index >= 15 is 0 Å². The van der Waals surface area contributed by atoms with Crippen molar-refractivity contribution in [3.8, 4) is 5.75 Å². The van der Waals surface area contributed by atoms with Crippen molar-refractivity contribution in [2.24, 2.45) is 9.98 Å². The number of rotatable bonds is 8. The van der Waals surface area contributed by atoms with Crippen molar-refractivity contribution in [2.75, 3.05) is 19.4 Å². The van der Waals surface area contributed by atoms with Crippen LogP contribution in [0.4, 0.5) is 0 Å². The molecule has 0 saturated carbocycles. The molecule has 27 heavy (non-hydrogen) atoms. The number of carbonyl (C=O) groups is 1. The molecule has 0 aliphatic carbocycles. The van der Waals surface area contributed by atoms with E-state index < -0.39 is 17.2 Å². The first kappa shape index (κ1) is 21.2. The van der Waals surface area contributed by atoms with Crippen LogP contribution in [0, 0.1) is 0 Å². The zero-order chi connectivity index (χ0) is 20.0. The molecule has 0 radical (unpaired) electrons. The number of carbonyl (C=O) groups excluding carboxylic acids is 1. The summed E-state index contributed by atoms with van der Waals surface area (Å²) in [6.45, 7) is 7.98. The van der Waals surface area contributed by atoms with Crippen LogP contribution < -0.4 is 15.7 Å². The van der Waals surface area contributed by atoms with Gasteiger partial charge in [0.2, 0.25) is 5.91 Å². The maximum atomic E-state index is 13.0. The number of hydrogen-bond acceptors (Lipinski definition) is 7. The minimum atomic E-state index is -0.879. The van der Waals surface area contributed by atoms with Crippen LogP contribution in [0.5, 0.6) is 5.75 Å². The van der Waals surface area contributed by atoms with Gasteiger partial charge >= 0.3 is 5.63 Å². The molecule has 8 heteroatoms. The molecule has 2 atom stereocenters. The SMILES string of the molecule is CCC[C@@H](NC(=O)C1(C)CSC(C(C)=NC)=N1)c1cc(OCC)cc(=O)o1. The van der Waals surface area contributed by atoms with Crippen LogP contribution in [0.1, 0.15) is 52.3 Å². The van der Waals surface area contributed by atoms with Crippen molar-refractivity contribution >= 4 is 28.4 Å². The number of thioether (sulfide) groups is 1. The van der Waals surface area contributed by atoms with E-state index in [-0.39, 0.29) is 5.91 Å². The van der Waals surface area contributed by atoms with Gasteiger partial charge in [0, 0.05) is 18.9 Å². The number of nitrogens with zero attached hydrogens (tertiary/aromatic N) is 2. The topological polar surface area (TPSA) is 93.3 Å². The molecule has 0 saturated heterocycles. The molecule has 0 bridgehead atoms. The number of nitrogens with one attached hydrogen (secondary N) is 1. The highest BCUT2D eigenvalue weighted by atomic mass is 32.2. The summed E-state index contributed by atoms with van der Waals surface area (Å²) in [6.07, 6.45) is 1.45. The maximum absolute atomic E-state index is 13.0. The Bertz CT molecular complexity index is 802. The molecule has 1 aromatic heterocycles. The van der Waals surface area contributed by atoms with Gasteiger partial charge in [0.1, 0.15) is 22.1 Å². The van der Waals surface area contributed by atoms with Gasteiger partial charge in [0.05, 0.1) is 24.4 Å². The lowest BCUT2D eigenvalue weighted by Crippen LogP contribution is -2.45. The maximum Gasteiger partial charge on any atom is 0.339 e. The van der Waals surface area contributed by atoms with Crippen LogP contribution in [0.3, 0.4) is 0 Å². The Morgan fingerprint density at radius 1 is 1.48 bits per heavy atom. The lowest BCUT2D eigenvalue weighted by molar-refractivity contribution is -0.125. The van der Waals surface area contributed by atoms with Crippen LogP contribution in [-0.2, 0) is 4.79 Å². The summed E-state index contributed by atoms with van der Waals surface area (Å²) >= 11 is 1.52. The molecule has 148 valence electrons. The highest BCUT2D eigenvalue weighted by molar-refractivity contribution is 8.16. The fourth-order valence-electron chi connectivity index (χ4n) is 2.68. The lowest BCUT2D eigenvalue weighted by atomic mass is 10.0. The Kier molecular flexibility index (Phi) is 7.24. The summed E-state index contributed by atoms with van der Waals surface area (Å²) in [5.74, 6) is 1.18. The molecular weight excluding hydrogens is 366 g/mol. The summed E-state index contributed by atoms with van der Waals surface area (Å²) in [5, 5.41) is 3.79. The van der Waals surface area contributed by atoms with Crippen LogP contribution in [-0.4, -0.2) is 41.6 Å². The van der Waals surface area contributed by atoms with Crippen LogP contribution >= 0.6 is 11.8 Å². The normalized spacial score (nSPS) is 20.9. The van der Waals surface area contributed by atoms with E-state index in [1.807, 2.05) is 20.8 Å². The average molecular weight is 394 g/mol. The first-order valence-corrected chi connectivity index (χ1v) is 10.1. The van der Waals surface area contributed by atoms with E-state index in [4.69, 9.17) is 9.15 Å². The highest BCUT2D eigenvalue weighted by Gasteiger charge is 2.39. The number of amides is 1. The quantitative estimate of drug-likeness (QED) is 0.685. The third-order valence-corrected chi connectivity index (χ3v) is 5.64. The van der Waals surface area contributed by atoms with Gasteiger partial charge in [-0.15, -0.1) is 11.8 Å². The first-order valence-electron chi connectivity index (χ1n) is 9.08. The molecule has 2 rings (SSSR count). The highest BCUT2D eigenvalue weighted by Crippen LogP contribution is 2.30. The largest absolute Gasteiger partial charge is 0.493 e. The van der Waals surface area contributed by atoms with Gasteiger partial charge in [-0.3, -0.25) is 14.8 Å². The van der Waals surface area contributed by atoms with Crippen LogP contribution in [0.25, 0.3) is 0 Å². The Morgan fingerprint density at radius 2 is 2.22 bits per heavy atom. The van der Waals surface area contributed by atoms with Crippen LogP contribution in [0.2, 0.25) is 0 Å². The van der Waals surface area contributed by atoms with Crippen molar-refractivity contribution in [3.63, 3.8) is 0 Å². The van der Waals surface area contributed by atoms with Crippen molar-refractivity contribution in [1.82, 2.24) is 5.32 Å². The van der Waals surface area contributed by atoms with Crippen molar-refractivity contribution in [2.45, 2.75) is 52.1 Å². The minimum Gasteiger partial charge on any atom is -0.493 e. The second-order valence-electron chi connectivity index (χ2n) is 6.55. The zero-order valence-corrected chi connectivity index (χ0v) is 17.3. The Labute approximate surface area is 163 Å². The van der Waals surface area contributed by atoms with Gasteiger partial charge in [-0.25, -0.2) is 4.79 Å². The Balaban J connectivity index is 2.25. The molecule has 2 heterocycles. The standard InChI is InChI=1S/C19H27N3O4S/c1-6-8-14(15-9-13(25-7-2)10-16(23)26-15)21-18(24)19(4)11-27-17(22-19)12(3)20-5/h9-10,14H,6-8,11H2,1-5H3,(H,21,24)/t14-,19?/m1/s1. The molecule has 1 aliphatic rings. The van der Waals surface area contributed by atoms with E-state index in [9.17, 15) is 9.59 Å². The molecule has 0 spiro atoms. The fraction of sp³-hybridized carbons (Fsp3) is 0.579. The zero-order valence-electron chi connectivity index (χ0n) is 16.5. The molecule has 1 aliphatic heterocycles. The summed E-state index contributed by atoms with van der Waals surface area (Å²) in [4.78, 5) is 33.5. The van der Waals surface area contributed by atoms with Gasteiger partial charge in [-0.1, -0.05) is 13.3 Å². The lowest BCUT2D eigenvalue weighted by Gasteiger charge is -2.24. The molecule has 7 nitrogen and oxygen atoms in total. The fourth-order valence-corrected chi connectivity index (χ4v) is 3.86. The molecule has 0 fully saturated rings. The third kappa shape index (κ3) is 5.22. The van der Waals surface area contributed by atoms with Crippen molar-refractivity contribution in [1.29, 1.82) is 0 Å². The monoisotopic (exact) mass is 393 g/mol. The Morgan fingerprint density at radius 3 is 2.85 bits per heavy atom. The average Bonchev–Trinajstić information content (AvgIpc) is 3.04. The van der Waals surface area contributed by atoms with Gasteiger partial charge in [0.25, 0.3) is 0 Å². The summed E-state index contributed by atoms with van der Waals surface area (Å²) in [7, 11) is 1.71. The molecule has 1 N–H and O–H groups in total. The minimum absolute atomic E-state index is 0.197. The smallest absolute Gasteiger partial charge is 0.339 e. The number of ether oxygens (including phenoxy) is 1. The molecule has 0 aromatic carbocycles. The van der Waals surface area contributed by atoms with Gasteiger partial charge in [0.15, 0.2) is 0 Å². The summed E-state index contributed by atoms with van der Waals surface area (Å²) in [5.41, 5.74) is -0.559. The molecule has 1 amide bonds. The number of aliphatic imine (C=N–C) groups is 2. The second-order valence-corrected chi connectivity index (χ2v) is 7.51. The van der Waals surface area contributed by atoms with Crippen molar-refractivity contribution < 1.29 is 13.9 Å². The molecule has 1 aromatic rings. The van der Waals surface area contributed by atoms with E-state index in [0.717, 1.165) is 17.2 Å². The van der Waals surface area contributed by atoms with Crippen molar-refractivity contribution in [3.05, 3.63) is 28.3 Å². The first-order chi connectivity index (χ1) is 12.8. The predicted molar refractivity (Wildman–Crippen MR) is 109 cm³/mol. The second kappa shape index (κ2) is 9.21. The molecule has 1 unspecified atom stereocenters. The van der Waals surface area contributed by atoms with E-state index in [1.165, 1.54) is 17.8 Å². The van der Waals surface area contributed by atoms with Crippen LogP contribution in [0.15, 0.2) is 31.3 Å². The summed E-state index contributed by atoms with van der Waals surface area (Å²) < 4.78 is 10.8. The molecular formula is C19H27N3O4S. The predicted octanol–water partition coefficient (Wildman–Crippen LogP) is 2.99.